The maximum absolute atomic E-state index is 12.7. The van der Waals surface area contributed by atoms with E-state index in [-0.39, 0.29) is 0 Å². The lowest BCUT2D eigenvalue weighted by molar-refractivity contribution is -0.147. The number of aromatic amines is 1. The summed E-state index contributed by atoms with van der Waals surface area (Å²) in [5, 5.41) is 5.15. The number of alkyl halides is 3. The zero-order chi connectivity index (χ0) is 16.5. The van der Waals surface area contributed by atoms with E-state index in [0.717, 1.165) is 0 Å². The van der Waals surface area contributed by atoms with Crippen molar-refractivity contribution in [2.24, 2.45) is 16.7 Å². The minimum absolute atomic E-state index is 0.428. The predicted molar refractivity (Wildman–Crippen MR) is 68.5 cm³/mol. The number of carbonyl (C=O) groups excluding carboxylic acids is 2. The molecule has 2 bridgehead atoms. The lowest BCUT2D eigenvalue weighted by Crippen LogP contribution is -2.59. The number of anilines is 1. The summed E-state index contributed by atoms with van der Waals surface area (Å²) < 4.78 is 37.8. The van der Waals surface area contributed by atoms with Crippen molar-refractivity contribution in [3.63, 3.8) is 0 Å². The molecule has 1 N–H and O–H groups in total. The highest BCUT2D eigenvalue weighted by Gasteiger charge is 2.65. The van der Waals surface area contributed by atoms with E-state index in [2.05, 4.69) is 10.1 Å². The molecule has 0 spiro atoms. The number of halogens is 3. The highest BCUT2D eigenvalue weighted by Crippen LogP contribution is 2.60. The summed E-state index contributed by atoms with van der Waals surface area (Å²) in [6.45, 7) is 5.43. The minimum Gasteiger partial charge on any atom is -0.274 e. The van der Waals surface area contributed by atoms with Crippen molar-refractivity contribution >= 4 is 17.8 Å². The number of hydrogen-bond acceptors (Lipinski definition) is 4. The summed E-state index contributed by atoms with van der Waals surface area (Å²) in [5.41, 5.74) is -1.36. The maximum atomic E-state index is 12.7. The Morgan fingerprint density at radius 2 is 1.91 bits per heavy atom. The van der Waals surface area contributed by atoms with Crippen molar-refractivity contribution in [1.82, 2.24) is 15.2 Å². The lowest BCUT2D eigenvalue weighted by Gasteiger charge is -2.46. The number of nitrogens with one attached hydrogen (secondary N) is 1. The molecule has 2 atom stereocenters. The molecule has 1 saturated heterocycles. The highest BCUT2D eigenvalue weighted by atomic mass is 19.4. The Morgan fingerprint density at radius 3 is 2.45 bits per heavy atom. The molecule has 120 valence electrons. The number of carbonyl (C=O) groups is 2. The standard InChI is InChI=1S/C13H15F3N4O2/c1-11(2)6-4-5-12(11,3)9(22)20(7(6)21)10-17-8(18-19-10)13(14,15)16/h6H,4-5H2,1-3H3,(H,17,18,19)/t6-,12+/m0/s1. The van der Waals surface area contributed by atoms with E-state index in [4.69, 9.17) is 0 Å². The van der Waals surface area contributed by atoms with Crippen molar-refractivity contribution in [2.75, 3.05) is 4.90 Å². The number of hydrogen-bond donors (Lipinski definition) is 1. The zero-order valence-corrected chi connectivity index (χ0v) is 12.3. The molecule has 2 aliphatic rings. The van der Waals surface area contributed by atoms with Crippen LogP contribution in [0.25, 0.3) is 0 Å². The van der Waals surface area contributed by atoms with Crippen LogP contribution in [0.5, 0.6) is 0 Å². The Balaban J connectivity index is 2.05. The number of rotatable bonds is 1. The fourth-order valence-corrected chi connectivity index (χ4v) is 3.49. The number of aromatic nitrogens is 3. The van der Waals surface area contributed by atoms with Gasteiger partial charge in [-0.15, -0.1) is 5.10 Å². The number of H-pyrrole nitrogens is 1. The SMILES string of the molecule is CC1(C)[C@H]2CC[C@]1(C)C(=O)N(c1n[nH]c(C(F)(F)F)n1)C2=O. The zero-order valence-electron chi connectivity index (χ0n) is 12.3. The molecular formula is C13H15F3N4O2. The van der Waals surface area contributed by atoms with Crippen LogP contribution in [0.2, 0.25) is 0 Å². The normalized spacial score (nSPS) is 31.0. The molecule has 1 aromatic heterocycles. The van der Waals surface area contributed by atoms with Gasteiger partial charge >= 0.3 is 6.18 Å². The van der Waals surface area contributed by atoms with Gasteiger partial charge in [-0.25, -0.2) is 4.90 Å². The first-order valence-electron chi connectivity index (χ1n) is 6.88. The number of piperidine rings is 1. The molecule has 6 nitrogen and oxygen atoms in total. The maximum Gasteiger partial charge on any atom is 0.451 e. The van der Waals surface area contributed by atoms with Gasteiger partial charge in [0.25, 0.3) is 5.95 Å². The van der Waals surface area contributed by atoms with Crippen molar-refractivity contribution in [2.45, 2.75) is 39.8 Å². The van der Waals surface area contributed by atoms with Crippen molar-refractivity contribution in [1.29, 1.82) is 0 Å². The second kappa shape index (κ2) is 4.08. The summed E-state index contributed by atoms with van der Waals surface area (Å²) >= 11 is 0. The van der Waals surface area contributed by atoms with Crippen molar-refractivity contribution < 1.29 is 22.8 Å². The van der Waals surface area contributed by atoms with E-state index >= 15 is 0 Å². The average molecular weight is 316 g/mol. The van der Waals surface area contributed by atoms with Crippen LogP contribution in [-0.2, 0) is 15.8 Å². The molecule has 3 rings (SSSR count). The highest BCUT2D eigenvalue weighted by molar-refractivity contribution is 6.19. The van der Waals surface area contributed by atoms with Gasteiger partial charge < -0.3 is 0 Å². The third kappa shape index (κ3) is 1.67. The van der Waals surface area contributed by atoms with Gasteiger partial charge in [0.2, 0.25) is 17.6 Å². The molecule has 2 fully saturated rings. The third-order valence-electron chi connectivity index (χ3n) is 5.36. The summed E-state index contributed by atoms with van der Waals surface area (Å²) in [6, 6.07) is 0. The van der Waals surface area contributed by atoms with E-state index in [1.165, 1.54) is 0 Å². The summed E-state index contributed by atoms with van der Waals surface area (Å²) in [5.74, 6) is -3.36. The first-order valence-corrected chi connectivity index (χ1v) is 6.88. The van der Waals surface area contributed by atoms with Gasteiger partial charge in [-0.2, -0.15) is 18.2 Å². The predicted octanol–water partition coefficient (Wildman–Crippen LogP) is 2.14. The Labute approximate surface area is 124 Å². The van der Waals surface area contributed by atoms with E-state index in [0.29, 0.717) is 17.7 Å². The van der Waals surface area contributed by atoms with Crippen LogP contribution in [0, 0.1) is 16.7 Å². The van der Waals surface area contributed by atoms with Crippen LogP contribution in [0.3, 0.4) is 0 Å². The molecule has 0 radical (unpaired) electrons. The summed E-state index contributed by atoms with van der Waals surface area (Å²) in [6.07, 6.45) is -3.67. The van der Waals surface area contributed by atoms with Crippen LogP contribution in [-0.4, -0.2) is 27.0 Å². The molecule has 9 heteroatoms. The molecule has 1 aliphatic heterocycles. The first-order chi connectivity index (χ1) is 10.00. The van der Waals surface area contributed by atoms with Crippen LogP contribution in [0.15, 0.2) is 0 Å². The number of imide groups is 1. The van der Waals surface area contributed by atoms with Gasteiger partial charge in [0, 0.05) is 5.92 Å². The Bertz CT molecular complexity index is 666. The van der Waals surface area contributed by atoms with Crippen molar-refractivity contribution in [3.8, 4) is 0 Å². The number of amides is 2. The van der Waals surface area contributed by atoms with Crippen LogP contribution >= 0.6 is 0 Å². The monoisotopic (exact) mass is 316 g/mol. The fourth-order valence-electron chi connectivity index (χ4n) is 3.49. The third-order valence-corrected chi connectivity index (χ3v) is 5.36. The van der Waals surface area contributed by atoms with Crippen LogP contribution in [0.1, 0.15) is 39.4 Å². The molecule has 1 aliphatic carbocycles. The lowest BCUT2D eigenvalue weighted by atomic mass is 9.62. The summed E-state index contributed by atoms with van der Waals surface area (Å²) in [7, 11) is 0. The Kier molecular flexibility index (Phi) is 2.78. The topological polar surface area (TPSA) is 79.0 Å². The largest absolute Gasteiger partial charge is 0.451 e. The second-order valence-electron chi connectivity index (χ2n) is 6.61. The van der Waals surface area contributed by atoms with E-state index < -0.39 is 46.5 Å². The first kappa shape index (κ1) is 15.0. The number of fused-ring (bicyclic) bond motifs is 2. The molecule has 0 aromatic carbocycles. The van der Waals surface area contributed by atoms with E-state index in [1.807, 2.05) is 13.8 Å². The van der Waals surface area contributed by atoms with Crippen LogP contribution in [0.4, 0.5) is 19.1 Å². The quantitative estimate of drug-likeness (QED) is 0.805. The van der Waals surface area contributed by atoms with E-state index in [9.17, 15) is 22.8 Å². The summed E-state index contributed by atoms with van der Waals surface area (Å²) in [4.78, 5) is 29.2. The molecule has 1 aromatic rings. The second-order valence-corrected chi connectivity index (χ2v) is 6.61. The van der Waals surface area contributed by atoms with Gasteiger partial charge in [-0.1, -0.05) is 20.8 Å². The molecular weight excluding hydrogens is 301 g/mol. The van der Waals surface area contributed by atoms with Crippen LogP contribution < -0.4 is 4.90 Å². The smallest absolute Gasteiger partial charge is 0.274 e. The molecule has 2 heterocycles. The average Bonchev–Trinajstić information content (AvgIpc) is 2.91. The molecule has 0 unspecified atom stereocenters. The molecule has 1 saturated carbocycles. The Hall–Kier alpha value is -1.93. The number of nitrogens with zero attached hydrogens (tertiary/aromatic N) is 3. The Morgan fingerprint density at radius 1 is 1.27 bits per heavy atom. The molecule has 2 amide bonds. The van der Waals surface area contributed by atoms with Crippen molar-refractivity contribution in [3.05, 3.63) is 5.82 Å². The van der Waals surface area contributed by atoms with Gasteiger partial charge in [-0.05, 0) is 18.3 Å². The molecule has 22 heavy (non-hydrogen) atoms. The fraction of sp³-hybridized carbons (Fsp3) is 0.692. The van der Waals surface area contributed by atoms with Gasteiger partial charge in [0.05, 0.1) is 5.41 Å². The van der Waals surface area contributed by atoms with Gasteiger partial charge in [0.15, 0.2) is 0 Å². The van der Waals surface area contributed by atoms with E-state index in [1.54, 1.807) is 12.0 Å². The minimum atomic E-state index is -4.71. The van der Waals surface area contributed by atoms with Gasteiger partial charge in [0.1, 0.15) is 0 Å². The van der Waals surface area contributed by atoms with Gasteiger partial charge in [-0.3, -0.25) is 14.7 Å².